The average Bonchev–Trinajstić information content (AvgIpc) is 2.39. The number of carbonyl (C=O) groups is 1. The van der Waals surface area contributed by atoms with Gasteiger partial charge in [0.05, 0.1) is 13.0 Å². The lowest BCUT2D eigenvalue weighted by Gasteiger charge is -2.34. The fraction of sp³-hybridized carbons (Fsp3) is 0.500. The van der Waals surface area contributed by atoms with Crippen molar-refractivity contribution in [3.8, 4) is 5.75 Å². The summed E-state index contributed by atoms with van der Waals surface area (Å²) in [6, 6.07) is 7.92. The third kappa shape index (κ3) is 4.21. The maximum Gasteiger partial charge on any atom is 0.226 e. The molecular weight excluding hydrogens is 308 g/mol. The third-order valence-corrected chi connectivity index (χ3v) is 3.70. The molecule has 0 saturated carbocycles. The van der Waals surface area contributed by atoms with E-state index >= 15 is 0 Å². The van der Waals surface area contributed by atoms with Gasteiger partial charge in [-0.1, -0.05) is 22.0 Å². The maximum atomic E-state index is 12.1. The van der Waals surface area contributed by atoms with Crippen molar-refractivity contribution in [3.05, 3.63) is 28.7 Å². The zero-order valence-electron chi connectivity index (χ0n) is 11.1. The lowest BCUT2D eigenvalue weighted by Crippen LogP contribution is -2.52. The van der Waals surface area contributed by atoms with Gasteiger partial charge in [-0.3, -0.25) is 4.79 Å². The van der Waals surface area contributed by atoms with Crippen LogP contribution in [0.2, 0.25) is 0 Å². The Kier molecular flexibility index (Phi) is 5.22. The van der Waals surface area contributed by atoms with Gasteiger partial charge in [-0.05, 0) is 25.1 Å². The molecule has 1 aromatic rings. The molecular formula is C14H19BrN2O2. The Bertz CT molecular complexity index is 439. The fourth-order valence-electron chi connectivity index (χ4n) is 2.17. The van der Waals surface area contributed by atoms with Crippen LogP contribution in [0.3, 0.4) is 0 Å². The highest BCUT2D eigenvalue weighted by Crippen LogP contribution is 2.18. The van der Waals surface area contributed by atoms with Gasteiger partial charge in [0.2, 0.25) is 5.91 Å². The molecule has 1 atom stereocenters. The molecule has 1 aliphatic heterocycles. The second-order valence-corrected chi connectivity index (χ2v) is 5.61. The Morgan fingerprint density at radius 1 is 1.58 bits per heavy atom. The zero-order valence-corrected chi connectivity index (χ0v) is 12.6. The molecule has 0 radical (unpaired) electrons. The van der Waals surface area contributed by atoms with Gasteiger partial charge in [-0.15, -0.1) is 0 Å². The highest BCUT2D eigenvalue weighted by Gasteiger charge is 2.22. The molecule has 104 valence electrons. The number of rotatable bonds is 4. The van der Waals surface area contributed by atoms with E-state index in [2.05, 4.69) is 28.2 Å². The Labute approximate surface area is 122 Å². The molecule has 1 aromatic carbocycles. The standard InChI is InChI=1S/C14H19BrN2O2/c1-11-10-16-6-7-17(11)14(18)5-8-19-13-4-2-3-12(15)9-13/h2-4,9,11,16H,5-8,10H2,1H3/t11-/m1/s1. The summed E-state index contributed by atoms with van der Waals surface area (Å²) in [6.07, 6.45) is 0.427. The van der Waals surface area contributed by atoms with E-state index in [1.165, 1.54) is 0 Å². The highest BCUT2D eigenvalue weighted by atomic mass is 79.9. The van der Waals surface area contributed by atoms with Crippen LogP contribution in [0, 0.1) is 0 Å². The molecule has 0 bridgehead atoms. The first-order chi connectivity index (χ1) is 9.16. The van der Waals surface area contributed by atoms with Crippen LogP contribution in [0.15, 0.2) is 28.7 Å². The van der Waals surface area contributed by atoms with Gasteiger partial charge < -0.3 is 15.0 Å². The summed E-state index contributed by atoms with van der Waals surface area (Å²) in [6.45, 7) is 5.03. The number of halogens is 1. The second-order valence-electron chi connectivity index (χ2n) is 4.70. The van der Waals surface area contributed by atoms with Crippen LogP contribution in [0.25, 0.3) is 0 Å². The normalized spacial score (nSPS) is 19.3. The molecule has 19 heavy (non-hydrogen) atoms. The van der Waals surface area contributed by atoms with Gasteiger partial charge in [0.1, 0.15) is 5.75 Å². The number of amides is 1. The average molecular weight is 327 g/mol. The second kappa shape index (κ2) is 6.91. The molecule has 1 N–H and O–H groups in total. The predicted octanol–water partition coefficient (Wildman–Crippen LogP) is 2.04. The summed E-state index contributed by atoms with van der Waals surface area (Å²) in [7, 11) is 0. The number of hydrogen-bond donors (Lipinski definition) is 1. The summed E-state index contributed by atoms with van der Waals surface area (Å²) in [5.41, 5.74) is 0. The molecule has 1 amide bonds. The molecule has 0 aliphatic carbocycles. The fourth-order valence-corrected chi connectivity index (χ4v) is 2.55. The first kappa shape index (κ1) is 14.3. The van der Waals surface area contributed by atoms with E-state index in [1.807, 2.05) is 29.2 Å². The van der Waals surface area contributed by atoms with E-state index in [0.717, 1.165) is 29.9 Å². The number of nitrogens with one attached hydrogen (secondary N) is 1. The third-order valence-electron chi connectivity index (χ3n) is 3.20. The summed E-state index contributed by atoms with van der Waals surface area (Å²) < 4.78 is 6.57. The smallest absolute Gasteiger partial charge is 0.226 e. The molecule has 1 heterocycles. The Morgan fingerprint density at radius 3 is 3.16 bits per heavy atom. The quantitative estimate of drug-likeness (QED) is 0.920. The Morgan fingerprint density at radius 2 is 2.42 bits per heavy atom. The van der Waals surface area contributed by atoms with Crippen molar-refractivity contribution in [2.45, 2.75) is 19.4 Å². The van der Waals surface area contributed by atoms with Crippen LogP contribution < -0.4 is 10.1 Å². The minimum atomic E-state index is 0.170. The summed E-state index contributed by atoms with van der Waals surface area (Å²) >= 11 is 3.39. The van der Waals surface area contributed by atoms with E-state index in [-0.39, 0.29) is 11.9 Å². The van der Waals surface area contributed by atoms with Crippen molar-refractivity contribution in [3.63, 3.8) is 0 Å². The van der Waals surface area contributed by atoms with E-state index in [4.69, 9.17) is 4.74 Å². The lowest BCUT2D eigenvalue weighted by atomic mass is 10.2. The first-order valence-electron chi connectivity index (χ1n) is 6.55. The Balaban J connectivity index is 1.77. The molecule has 0 aromatic heterocycles. The van der Waals surface area contributed by atoms with Crippen LogP contribution in [0.4, 0.5) is 0 Å². The molecule has 2 rings (SSSR count). The number of nitrogens with zero attached hydrogens (tertiary/aromatic N) is 1. The minimum absolute atomic E-state index is 0.170. The monoisotopic (exact) mass is 326 g/mol. The van der Waals surface area contributed by atoms with Crippen LogP contribution in [-0.4, -0.2) is 43.1 Å². The Hall–Kier alpha value is -1.07. The molecule has 1 saturated heterocycles. The van der Waals surface area contributed by atoms with Crippen LogP contribution >= 0.6 is 15.9 Å². The van der Waals surface area contributed by atoms with Crippen LogP contribution in [0.1, 0.15) is 13.3 Å². The molecule has 1 aliphatic rings. The van der Waals surface area contributed by atoms with Crippen LogP contribution in [-0.2, 0) is 4.79 Å². The topological polar surface area (TPSA) is 41.6 Å². The summed E-state index contributed by atoms with van der Waals surface area (Å²) in [5, 5.41) is 3.28. The summed E-state index contributed by atoms with van der Waals surface area (Å²) in [4.78, 5) is 14.0. The van der Waals surface area contributed by atoms with Crippen LogP contribution in [0.5, 0.6) is 5.75 Å². The summed E-state index contributed by atoms with van der Waals surface area (Å²) in [5.74, 6) is 0.958. The number of piperazine rings is 1. The lowest BCUT2D eigenvalue weighted by molar-refractivity contribution is -0.134. The van der Waals surface area contributed by atoms with Gasteiger partial charge in [-0.2, -0.15) is 0 Å². The number of hydrogen-bond acceptors (Lipinski definition) is 3. The van der Waals surface area contributed by atoms with Crippen molar-refractivity contribution in [2.24, 2.45) is 0 Å². The van der Waals surface area contributed by atoms with Gasteiger partial charge in [0, 0.05) is 30.1 Å². The minimum Gasteiger partial charge on any atom is -0.493 e. The molecule has 5 heteroatoms. The molecule has 1 fully saturated rings. The predicted molar refractivity (Wildman–Crippen MR) is 78.3 cm³/mol. The molecule has 0 spiro atoms. The SMILES string of the molecule is C[C@@H]1CNCCN1C(=O)CCOc1cccc(Br)c1. The van der Waals surface area contributed by atoms with Crippen molar-refractivity contribution >= 4 is 21.8 Å². The maximum absolute atomic E-state index is 12.1. The van der Waals surface area contributed by atoms with E-state index in [9.17, 15) is 4.79 Å². The van der Waals surface area contributed by atoms with Gasteiger partial charge in [-0.25, -0.2) is 0 Å². The van der Waals surface area contributed by atoms with E-state index < -0.39 is 0 Å². The molecule has 0 unspecified atom stereocenters. The van der Waals surface area contributed by atoms with E-state index in [1.54, 1.807) is 0 Å². The number of carbonyl (C=O) groups excluding carboxylic acids is 1. The zero-order chi connectivity index (χ0) is 13.7. The van der Waals surface area contributed by atoms with Crippen molar-refractivity contribution in [1.82, 2.24) is 10.2 Å². The van der Waals surface area contributed by atoms with E-state index in [0.29, 0.717) is 13.0 Å². The number of ether oxygens (including phenoxy) is 1. The van der Waals surface area contributed by atoms with Gasteiger partial charge in [0.15, 0.2) is 0 Å². The first-order valence-corrected chi connectivity index (χ1v) is 7.34. The largest absolute Gasteiger partial charge is 0.493 e. The van der Waals surface area contributed by atoms with Gasteiger partial charge in [0.25, 0.3) is 0 Å². The number of benzene rings is 1. The highest BCUT2D eigenvalue weighted by molar-refractivity contribution is 9.10. The van der Waals surface area contributed by atoms with Crippen molar-refractivity contribution in [2.75, 3.05) is 26.2 Å². The van der Waals surface area contributed by atoms with Crippen molar-refractivity contribution < 1.29 is 9.53 Å². The molecule has 4 nitrogen and oxygen atoms in total. The van der Waals surface area contributed by atoms with Gasteiger partial charge >= 0.3 is 0 Å². The van der Waals surface area contributed by atoms with Crippen molar-refractivity contribution in [1.29, 1.82) is 0 Å².